The van der Waals surface area contributed by atoms with Crippen molar-refractivity contribution < 1.29 is 100 Å². The fourth-order valence-corrected chi connectivity index (χ4v) is 4.18. The molecule has 0 saturated carbocycles. The summed E-state index contributed by atoms with van der Waals surface area (Å²) in [5.74, 6) is -1.61. The molecule has 0 radical (unpaired) electrons. The summed E-state index contributed by atoms with van der Waals surface area (Å²) in [7, 11) is -10.4. The minimum Gasteiger partial charge on any atom is -0.744 e. The van der Waals surface area contributed by atoms with Crippen molar-refractivity contribution in [3.8, 4) is 11.5 Å². The molecule has 0 aromatic heterocycles. The zero-order valence-electron chi connectivity index (χ0n) is 17.7. The fraction of sp³-hybridized carbons (Fsp3) is 0. The second kappa shape index (κ2) is 11.2. The molecule has 3 aromatic rings. The second-order valence-corrected chi connectivity index (χ2v) is 9.47. The van der Waals surface area contributed by atoms with E-state index in [0.29, 0.717) is 18.2 Å². The number of benzene rings is 3. The number of phenols is 2. The van der Waals surface area contributed by atoms with E-state index >= 15 is 0 Å². The maximum atomic E-state index is 11.8. The molecule has 0 bridgehead atoms. The number of fused-ring (bicyclic) bond motifs is 1. The molecule has 0 aliphatic heterocycles. The molecule has 0 amide bonds. The van der Waals surface area contributed by atoms with Crippen molar-refractivity contribution >= 4 is 65.4 Å². The van der Waals surface area contributed by atoms with E-state index in [1.807, 2.05) is 0 Å². The third-order valence-corrected chi connectivity index (χ3v) is 6.17. The third kappa shape index (κ3) is 6.60. The van der Waals surface area contributed by atoms with Crippen LogP contribution in [0.4, 0.5) is 22.7 Å². The Labute approximate surface area is 246 Å². The number of hydrogen-bond donors (Lipinski definition) is 3. The molecule has 3 aromatic carbocycles. The van der Waals surface area contributed by atoms with Crippen LogP contribution in [-0.4, -0.2) is 41.1 Å². The maximum Gasteiger partial charge on any atom is 1.00 e. The van der Waals surface area contributed by atoms with Crippen LogP contribution in [0, 0.1) is 10.1 Å². The SMILES string of the molecule is Nc1c(N=Nc2cc([N+](=O)[O-])cc(Cl)c2O)c(S(=O)(=O)[O-])cc2cc(S(=O)(=O)[O-])cc(O)c12.[Na+].[Na+]. The first-order chi connectivity index (χ1) is 15.1. The Morgan fingerprint density at radius 2 is 1.54 bits per heavy atom. The zero-order valence-corrected chi connectivity index (χ0v) is 24.0. The zero-order chi connectivity index (χ0) is 24.9. The molecule has 0 heterocycles. The van der Waals surface area contributed by atoms with Crippen LogP contribution < -0.4 is 64.8 Å². The van der Waals surface area contributed by atoms with E-state index in [1.165, 1.54) is 0 Å². The number of rotatable bonds is 5. The summed E-state index contributed by atoms with van der Waals surface area (Å²) in [4.78, 5) is 8.07. The first-order valence-electron chi connectivity index (χ1n) is 8.21. The summed E-state index contributed by atoms with van der Waals surface area (Å²) < 4.78 is 69.1. The van der Waals surface area contributed by atoms with E-state index in [9.17, 15) is 46.3 Å². The molecular formula is C16H9ClN4Na2O10S2. The molecule has 0 aliphatic rings. The summed E-state index contributed by atoms with van der Waals surface area (Å²) >= 11 is 5.70. The smallest absolute Gasteiger partial charge is 0.744 e. The molecule has 174 valence electrons. The van der Waals surface area contributed by atoms with Gasteiger partial charge in [0, 0.05) is 17.5 Å². The molecule has 14 nitrogen and oxygen atoms in total. The van der Waals surface area contributed by atoms with Gasteiger partial charge >= 0.3 is 59.1 Å². The van der Waals surface area contributed by atoms with Crippen molar-refractivity contribution in [1.82, 2.24) is 0 Å². The van der Waals surface area contributed by atoms with Crippen molar-refractivity contribution in [2.75, 3.05) is 5.73 Å². The molecule has 0 saturated heterocycles. The van der Waals surface area contributed by atoms with Gasteiger partial charge in [-0.05, 0) is 23.6 Å². The van der Waals surface area contributed by atoms with Gasteiger partial charge in [0.15, 0.2) is 5.75 Å². The largest absolute Gasteiger partial charge is 1.00 e. The maximum absolute atomic E-state index is 11.8. The van der Waals surface area contributed by atoms with Crippen molar-refractivity contribution in [1.29, 1.82) is 0 Å². The number of halogens is 1. The number of nitrogen functional groups attached to an aromatic ring is 1. The Morgan fingerprint density at radius 3 is 2.06 bits per heavy atom. The Hall–Kier alpha value is -1.57. The van der Waals surface area contributed by atoms with Crippen LogP contribution in [0.25, 0.3) is 10.8 Å². The monoisotopic (exact) mass is 562 g/mol. The van der Waals surface area contributed by atoms with Gasteiger partial charge in [-0.15, -0.1) is 10.2 Å². The summed E-state index contributed by atoms with van der Waals surface area (Å²) in [5.41, 5.74) is 3.18. The molecule has 0 fully saturated rings. The topological polar surface area (TPSA) is 249 Å². The minimum atomic E-state index is -5.34. The van der Waals surface area contributed by atoms with Crippen molar-refractivity contribution in [3.63, 3.8) is 0 Å². The average Bonchev–Trinajstić information content (AvgIpc) is 2.67. The van der Waals surface area contributed by atoms with Crippen LogP contribution in [0.5, 0.6) is 11.5 Å². The van der Waals surface area contributed by atoms with Crippen LogP contribution in [0.3, 0.4) is 0 Å². The summed E-state index contributed by atoms with van der Waals surface area (Å²) in [6.07, 6.45) is 0. The number of aromatic hydroxyl groups is 2. The normalized spacial score (nSPS) is 11.7. The van der Waals surface area contributed by atoms with Crippen LogP contribution in [0.15, 0.2) is 50.4 Å². The molecule has 0 spiro atoms. The predicted octanol–water partition coefficient (Wildman–Crippen LogP) is -3.37. The van der Waals surface area contributed by atoms with Gasteiger partial charge in [0.2, 0.25) is 0 Å². The average molecular weight is 563 g/mol. The third-order valence-electron chi connectivity index (χ3n) is 4.22. The number of azo groups is 1. The number of nitro benzene ring substituents is 1. The quantitative estimate of drug-likeness (QED) is 0.0690. The van der Waals surface area contributed by atoms with Crippen LogP contribution in [-0.2, 0) is 20.2 Å². The van der Waals surface area contributed by atoms with Crippen LogP contribution in [0.1, 0.15) is 0 Å². The van der Waals surface area contributed by atoms with E-state index < -0.39 is 79.6 Å². The van der Waals surface area contributed by atoms with Gasteiger partial charge in [-0.2, -0.15) is 0 Å². The number of anilines is 1. The van der Waals surface area contributed by atoms with Crippen LogP contribution in [0.2, 0.25) is 5.02 Å². The molecule has 3 rings (SSSR count). The molecule has 35 heavy (non-hydrogen) atoms. The van der Waals surface area contributed by atoms with Crippen molar-refractivity contribution in [2.45, 2.75) is 9.79 Å². The molecule has 19 heteroatoms. The number of nitrogens with zero attached hydrogens (tertiary/aromatic N) is 3. The Morgan fingerprint density at radius 1 is 0.943 bits per heavy atom. The molecule has 0 aliphatic carbocycles. The number of nitro groups is 1. The standard InChI is InChI=1S/C16H11ClN4O10S2.2Na/c17-9-3-7(21(24)25)4-10(16(9)23)19-20-15-12(33(29,30)31)2-6-1-8(32(26,27)28)5-11(22)13(6)14(15)18;;/h1-5,22-23H,18H2,(H,26,27,28)(H,29,30,31);;/q;2*+1/p-2. The number of nitrogens with two attached hydrogens (primary N) is 1. The molecule has 4 N–H and O–H groups in total. The molecule has 0 unspecified atom stereocenters. The van der Waals surface area contributed by atoms with Gasteiger partial charge in [0.1, 0.15) is 37.4 Å². The summed E-state index contributed by atoms with van der Waals surface area (Å²) in [6.45, 7) is 0. The van der Waals surface area contributed by atoms with E-state index in [4.69, 9.17) is 17.3 Å². The van der Waals surface area contributed by atoms with Crippen molar-refractivity contribution in [2.24, 2.45) is 10.2 Å². The Kier molecular flexibility index (Phi) is 10.1. The predicted molar refractivity (Wildman–Crippen MR) is 110 cm³/mol. The van der Waals surface area contributed by atoms with Gasteiger partial charge < -0.3 is 25.1 Å². The minimum absolute atomic E-state index is 0. The van der Waals surface area contributed by atoms with E-state index in [-0.39, 0.29) is 64.5 Å². The summed E-state index contributed by atoms with van der Waals surface area (Å²) in [6, 6.07) is 3.41. The molecular weight excluding hydrogens is 554 g/mol. The summed E-state index contributed by atoms with van der Waals surface area (Å²) in [5, 5.41) is 36.8. The number of non-ortho nitro benzene ring substituents is 1. The van der Waals surface area contributed by atoms with E-state index in [1.54, 1.807) is 0 Å². The van der Waals surface area contributed by atoms with Gasteiger partial charge in [-0.1, -0.05) is 11.6 Å². The number of hydrogen-bond acceptors (Lipinski definition) is 13. The van der Waals surface area contributed by atoms with E-state index in [0.717, 1.165) is 12.1 Å². The fourth-order valence-electron chi connectivity index (χ4n) is 2.78. The first kappa shape index (κ1) is 31.5. The molecule has 0 atom stereocenters. The Bertz CT molecular complexity index is 1600. The Balaban J connectivity index is 0.00000306. The number of phenolic OH excluding ortho intramolecular Hbond substituents is 2. The van der Waals surface area contributed by atoms with Gasteiger partial charge in [0.05, 0.1) is 25.4 Å². The van der Waals surface area contributed by atoms with E-state index in [2.05, 4.69) is 10.2 Å². The van der Waals surface area contributed by atoms with Crippen LogP contribution >= 0.6 is 11.6 Å². The van der Waals surface area contributed by atoms with Gasteiger partial charge in [-0.25, -0.2) is 16.8 Å². The first-order valence-corrected chi connectivity index (χ1v) is 11.4. The van der Waals surface area contributed by atoms with Gasteiger partial charge in [0.25, 0.3) is 5.69 Å². The second-order valence-electron chi connectivity index (χ2n) is 6.34. The van der Waals surface area contributed by atoms with Gasteiger partial charge in [-0.3, -0.25) is 10.1 Å². The van der Waals surface area contributed by atoms with Crippen molar-refractivity contribution in [3.05, 3.63) is 45.5 Å².